The molecule has 1 unspecified atom stereocenters. The fraction of sp³-hybridized carbons (Fsp3) is 0.593. The van der Waals surface area contributed by atoms with Crippen LogP contribution in [0.25, 0.3) is 0 Å². The highest BCUT2D eigenvalue weighted by Crippen LogP contribution is 2.34. The summed E-state index contributed by atoms with van der Waals surface area (Å²) in [6, 6.07) is 6.63. The SMILES string of the molecule is C=C1/C(=C(\CCCCC)CCc2cccc(C)c2C)C(NC)N(CC(C)C)C(=O)N1C. The number of carbonyl (C=O) groups is 1. The van der Waals surface area contributed by atoms with E-state index < -0.39 is 0 Å². The predicted octanol–water partition coefficient (Wildman–Crippen LogP) is 6.20. The fourth-order valence-electron chi connectivity index (χ4n) is 4.54. The third-order valence-electron chi connectivity index (χ3n) is 6.54. The Morgan fingerprint density at radius 1 is 1.19 bits per heavy atom. The molecule has 4 nitrogen and oxygen atoms in total. The van der Waals surface area contributed by atoms with Gasteiger partial charge in [-0.15, -0.1) is 0 Å². The molecule has 31 heavy (non-hydrogen) atoms. The summed E-state index contributed by atoms with van der Waals surface area (Å²) in [5, 5.41) is 3.44. The van der Waals surface area contributed by atoms with E-state index in [1.165, 1.54) is 47.1 Å². The summed E-state index contributed by atoms with van der Waals surface area (Å²) in [6.07, 6.45) is 6.56. The minimum absolute atomic E-state index is 0.0317. The molecule has 1 aromatic carbocycles. The summed E-state index contributed by atoms with van der Waals surface area (Å²) in [6.45, 7) is 16.1. The first-order valence-electron chi connectivity index (χ1n) is 11.9. The number of allylic oxidation sites excluding steroid dienone is 1. The van der Waals surface area contributed by atoms with Gasteiger partial charge in [-0.25, -0.2) is 4.79 Å². The topological polar surface area (TPSA) is 35.6 Å². The molecule has 1 aliphatic heterocycles. The van der Waals surface area contributed by atoms with Crippen LogP contribution in [-0.2, 0) is 6.42 Å². The second-order valence-electron chi connectivity index (χ2n) is 9.36. The van der Waals surface area contributed by atoms with Gasteiger partial charge in [-0.3, -0.25) is 10.2 Å². The van der Waals surface area contributed by atoms with Crippen LogP contribution in [0.3, 0.4) is 0 Å². The highest BCUT2D eigenvalue weighted by atomic mass is 16.2. The lowest BCUT2D eigenvalue weighted by atomic mass is 9.89. The van der Waals surface area contributed by atoms with E-state index in [1.54, 1.807) is 4.90 Å². The molecule has 1 atom stereocenters. The average molecular weight is 426 g/mol. The van der Waals surface area contributed by atoms with Gasteiger partial charge >= 0.3 is 6.03 Å². The number of aryl methyl sites for hydroxylation is 2. The summed E-state index contributed by atoms with van der Waals surface area (Å²) in [5.41, 5.74) is 7.65. The van der Waals surface area contributed by atoms with E-state index in [1.807, 2.05) is 19.0 Å². The van der Waals surface area contributed by atoms with Crippen LogP contribution < -0.4 is 5.32 Å². The molecular weight excluding hydrogens is 382 g/mol. The average Bonchev–Trinajstić information content (AvgIpc) is 2.73. The Hall–Kier alpha value is -2.07. The first-order valence-corrected chi connectivity index (χ1v) is 11.9. The number of carbonyl (C=O) groups excluding carboxylic acids is 1. The van der Waals surface area contributed by atoms with Gasteiger partial charge < -0.3 is 4.90 Å². The van der Waals surface area contributed by atoms with Crippen molar-refractivity contribution in [1.29, 1.82) is 0 Å². The molecule has 1 aromatic rings. The zero-order valence-corrected chi connectivity index (χ0v) is 20.8. The van der Waals surface area contributed by atoms with E-state index in [9.17, 15) is 4.79 Å². The standard InChI is InChI=1S/C27H43N3O/c1-9-10-11-14-24(17-16-23-15-12-13-20(4)21(23)5)25-22(6)29(8)27(31)30(18-19(2)3)26(25)28-7/h12-13,15,19,26,28H,6,9-11,14,16-18H2,1-5,7-8H3/b25-24-. The largest absolute Gasteiger partial charge is 0.325 e. The number of likely N-dealkylation sites (N-methyl/N-ethyl adjacent to an activating group) is 2. The Labute approximate surface area is 190 Å². The summed E-state index contributed by atoms with van der Waals surface area (Å²) in [5.74, 6) is 0.402. The lowest BCUT2D eigenvalue weighted by Crippen LogP contribution is -2.58. The number of hydrogen-bond acceptors (Lipinski definition) is 2. The van der Waals surface area contributed by atoms with Gasteiger partial charge in [0.1, 0.15) is 6.17 Å². The Morgan fingerprint density at radius 2 is 1.90 bits per heavy atom. The van der Waals surface area contributed by atoms with E-state index in [0.29, 0.717) is 5.92 Å². The Balaban J connectivity index is 2.46. The maximum absolute atomic E-state index is 13.1. The van der Waals surface area contributed by atoms with Crippen LogP contribution >= 0.6 is 0 Å². The van der Waals surface area contributed by atoms with Gasteiger partial charge in [-0.2, -0.15) is 0 Å². The summed E-state index contributed by atoms with van der Waals surface area (Å²) >= 11 is 0. The van der Waals surface area contributed by atoms with Gasteiger partial charge in [0.25, 0.3) is 0 Å². The lowest BCUT2D eigenvalue weighted by Gasteiger charge is -2.44. The summed E-state index contributed by atoms with van der Waals surface area (Å²) in [7, 11) is 3.82. The van der Waals surface area contributed by atoms with Crippen molar-refractivity contribution in [1.82, 2.24) is 15.1 Å². The van der Waals surface area contributed by atoms with E-state index >= 15 is 0 Å². The molecule has 1 aliphatic rings. The van der Waals surface area contributed by atoms with E-state index in [0.717, 1.165) is 31.5 Å². The maximum atomic E-state index is 13.1. The second-order valence-corrected chi connectivity index (χ2v) is 9.36. The van der Waals surface area contributed by atoms with E-state index in [-0.39, 0.29) is 12.2 Å². The molecule has 1 heterocycles. The zero-order valence-electron chi connectivity index (χ0n) is 20.8. The van der Waals surface area contributed by atoms with Crippen molar-refractivity contribution in [2.75, 3.05) is 20.6 Å². The van der Waals surface area contributed by atoms with Crippen molar-refractivity contribution in [3.63, 3.8) is 0 Å². The number of benzene rings is 1. The minimum Gasteiger partial charge on any atom is -0.304 e. The minimum atomic E-state index is -0.117. The van der Waals surface area contributed by atoms with Gasteiger partial charge in [-0.1, -0.05) is 64.0 Å². The molecule has 0 aromatic heterocycles. The quantitative estimate of drug-likeness (QED) is 0.453. The van der Waals surface area contributed by atoms with Crippen molar-refractivity contribution in [3.05, 3.63) is 58.3 Å². The number of rotatable bonds is 10. The van der Waals surface area contributed by atoms with Crippen LogP contribution in [0.1, 0.15) is 69.6 Å². The molecule has 1 fully saturated rings. The van der Waals surface area contributed by atoms with Gasteiger partial charge in [0.15, 0.2) is 0 Å². The molecule has 0 saturated carbocycles. The molecule has 0 aliphatic carbocycles. The van der Waals surface area contributed by atoms with E-state index in [4.69, 9.17) is 0 Å². The number of unbranched alkanes of at least 4 members (excludes halogenated alkanes) is 2. The first-order chi connectivity index (χ1) is 14.7. The normalized spacial score (nSPS) is 18.9. The molecule has 0 spiro atoms. The van der Waals surface area contributed by atoms with Crippen molar-refractivity contribution in [2.24, 2.45) is 5.92 Å². The molecule has 1 saturated heterocycles. The van der Waals surface area contributed by atoms with Gasteiger partial charge in [0.2, 0.25) is 0 Å². The zero-order chi connectivity index (χ0) is 23.1. The molecule has 4 heteroatoms. The Morgan fingerprint density at radius 3 is 2.52 bits per heavy atom. The van der Waals surface area contributed by atoms with Crippen LogP contribution in [0.2, 0.25) is 0 Å². The summed E-state index contributed by atoms with van der Waals surface area (Å²) in [4.78, 5) is 16.8. The van der Waals surface area contributed by atoms with Crippen molar-refractivity contribution in [3.8, 4) is 0 Å². The predicted molar refractivity (Wildman–Crippen MR) is 132 cm³/mol. The van der Waals surface area contributed by atoms with Crippen LogP contribution in [-0.4, -0.2) is 42.6 Å². The monoisotopic (exact) mass is 425 g/mol. The molecule has 2 rings (SSSR count). The lowest BCUT2D eigenvalue weighted by molar-refractivity contribution is 0.129. The highest BCUT2D eigenvalue weighted by Gasteiger charge is 2.38. The molecule has 1 N–H and O–H groups in total. The van der Waals surface area contributed by atoms with Gasteiger partial charge in [0, 0.05) is 24.9 Å². The summed E-state index contributed by atoms with van der Waals surface area (Å²) < 4.78 is 0. The molecule has 0 bridgehead atoms. The number of urea groups is 1. The number of nitrogens with zero attached hydrogens (tertiary/aromatic N) is 2. The highest BCUT2D eigenvalue weighted by molar-refractivity contribution is 5.80. The Bertz CT molecular complexity index is 809. The number of hydrogen-bond donors (Lipinski definition) is 1. The van der Waals surface area contributed by atoms with Crippen molar-refractivity contribution in [2.45, 2.75) is 79.3 Å². The second kappa shape index (κ2) is 11.5. The number of amides is 2. The van der Waals surface area contributed by atoms with Crippen LogP contribution in [0.5, 0.6) is 0 Å². The van der Waals surface area contributed by atoms with Gasteiger partial charge in [-0.05, 0) is 69.2 Å². The Kier molecular flexibility index (Phi) is 9.36. The molecular formula is C27H43N3O. The third-order valence-corrected chi connectivity index (χ3v) is 6.54. The van der Waals surface area contributed by atoms with Crippen LogP contribution in [0.4, 0.5) is 4.79 Å². The number of nitrogens with one attached hydrogen (secondary N) is 1. The molecule has 172 valence electrons. The smallest absolute Gasteiger partial charge is 0.304 e. The van der Waals surface area contributed by atoms with E-state index in [2.05, 4.69) is 64.7 Å². The van der Waals surface area contributed by atoms with Crippen molar-refractivity contribution >= 4 is 6.03 Å². The van der Waals surface area contributed by atoms with Crippen LogP contribution in [0, 0.1) is 19.8 Å². The molecule has 2 amide bonds. The van der Waals surface area contributed by atoms with Gasteiger partial charge in [0.05, 0.1) is 0 Å². The van der Waals surface area contributed by atoms with Crippen molar-refractivity contribution < 1.29 is 4.79 Å². The first kappa shape index (κ1) is 25.2. The maximum Gasteiger partial charge on any atom is 0.325 e. The third kappa shape index (κ3) is 6.00. The van der Waals surface area contributed by atoms with Crippen LogP contribution in [0.15, 0.2) is 41.6 Å². The molecule has 0 radical (unpaired) electrons. The fourth-order valence-corrected chi connectivity index (χ4v) is 4.54.